The molecule has 10 heterocycles. The third kappa shape index (κ3) is 5.56. The Bertz CT molecular complexity index is 2520. The molecule has 12 aliphatic rings. The SMILES string of the molecule is COc1cc2c(cc1OC)[C@@]13CC[NH+]4CC5=C(CCS(=O)(=O)CCC6=C7C[NH+]8CC[C@]9%10c%11cc(OC)c(OC)cc%11N%11C(=O)C[C@H](OC6)[C@@H]([C@H]%119)[C@H]7C[C@H]8%10)CO[C@H]6CC(=O)N2[C@H]1[C@H]6[C@H]5C[C@H]43.[Cl-].[Cl-]. The number of hydrogen-bond acceptors (Lipinski definition) is 10. The number of benzene rings is 2. The van der Waals surface area contributed by atoms with E-state index in [4.69, 9.17) is 28.4 Å². The summed E-state index contributed by atoms with van der Waals surface area (Å²) in [6, 6.07) is 9.07. The molecule has 2 N–H and O–H groups in total. The zero-order valence-electron chi connectivity index (χ0n) is 38.5. The lowest BCUT2D eigenvalue weighted by Gasteiger charge is -2.56. The second-order valence-electron chi connectivity index (χ2n) is 21.6. The molecule has 17 heteroatoms. The number of fused-ring (bicyclic) bond motifs is 4. The summed E-state index contributed by atoms with van der Waals surface area (Å²) >= 11 is 0. The summed E-state index contributed by atoms with van der Waals surface area (Å²) in [4.78, 5) is 35.9. The van der Waals surface area contributed by atoms with E-state index in [2.05, 4.69) is 21.9 Å². The van der Waals surface area contributed by atoms with Crippen LogP contribution in [0.2, 0.25) is 0 Å². The topological polar surface area (TPSA) is 139 Å². The molecule has 8 fully saturated rings. The lowest BCUT2D eigenvalue weighted by molar-refractivity contribution is -0.916. The van der Waals surface area contributed by atoms with Gasteiger partial charge in [0.05, 0.1) is 139 Å². The van der Waals surface area contributed by atoms with Gasteiger partial charge >= 0.3 is 0 Å². The van der Waals surface area contributed by atoms with Crippen molar-refractivity contribution in [2.75, 3.05) is 89.1 Å². The highest BCUT2D eigenvalue weighted by Crippen LogP contribution is 2.66. The van der Waals surface area contributed by atoms with Gasteiger partial charge < -0.3 is 72.8 Å². The number of quaternary nitrogens is 2. The average molecular weight is 980 g/mol. The summed E-state index contributed by atoms with van der Waals surface area (Å²) in [6.45, 7) is 4.63. The molecule has 2 unspecified atom stereocenters. The van der Waals surface area contributed by atoms with Gasteiger partial charge in [-0.2, -0.15) is 0 Å². The van der Waals surface area contributed by atoms with Crippen molar-refractivity contribution in [3.63, 3.8) is 0 Å². The van der Waals surface area contributed by atoms with Crippen LogP contribution in [0.3, 0.4) is 0 Å². The first-order valence-corrected chi connectivity index (χ1v) is 26.1. The lowest BCUT2D eigenvalue weighted by atomic mass is 9.53. The summed E-state index contributed by atoms with van der Waals surface area (Å²) in [6.07, 6.45) is 5.21. The number of sulfone groups is 1. The summed E-state index contributed by atoms with van der Waals surface area (Å²) in [5, 5.41) is 0. The molecule has 2 spiro atoms. The second-order valence-corrected chi connectivity index (χ2v) is 23.9. The molecular weight excluding hydrogens is 920 g/mol. The van der Waals surface area contributed by atoms with E-state index < -0.39 is 9.84 Å². The fourth-order valence-corrected chi connectivity index (χ4v) is 18.9. The van der Waals surface area contributed by atoms with Gasteiger partial charge in [0.25, 0.3) is 0 Å². The van der Waals surface area contributed by atoms with Crippen molar-refractivity contribution in [1.29, 1.82) is 0 Å². The largest absolute Gasteiger partial charge is 1.00 e. The van der Waals surface area contributed by atoms with E-state index in [-0.39, 0.29) is 107 Å². The van der Waals surface area contributed by atoms with Crippen molar-refractivity contribution in [3.8, 4) is 23.0 Å². The third-order valence-corrected chi connectivity index (χ3v) is 21.5. The van der Waals surface area contributed by atoms with Crippen LogP contribution in [0.15, 0.2) is 46.6 Å². The normalized spacial score (nSPS) is 39.2. The smallest absolute Gasteiger partial charge is 0.229 e. The van der Waals surface area contributed by atoms with Crippen LogP contribution in [0.4, 0.5) is 11.4 Å². The molecule has 2 amide bonds. The standard InChI is InChI=1S/C50H58N4O10S.2ClH/c1-59-35-15-31-33(17-37(35)61-3)53-43(55)19-39-45-27-13-41-49(31,47(45)53)7-9-51(41)21-29(27)25(23-63-39)5-11-65(57,58)12-6-26-24-64-40-20-44(56)54-34-18-38(62-4)36(60-2)16-32(34)50-8-10-52-22-30(26)28(14-42(50)52)46(40)48(50)54;;/h15-18,27-28,39-42,45-48H,5-14,19-24H2,1-4H3;2*1H/t27-,28-,39-,40-,41-,42-,45-,46-,47-,48-,49+,50+;;/m0../s1. The number of methoxy groups -OCH3 is 4. The minimum Gasteiger partial charge on any atom is -1.00 e. The number of halogens is 2. The van der Waals surface area contributed by atoms with Gasteiger partial charge in [-0.05, 0) is 70.2 Å². The molecule has 67 heavy (non-hydrogen) atoms. The van der Waals surface area contributed by atoms with E-state index >= 15 is 0 Å². The van der Waals surface area contributed by atoms with Crippen molar-refractivity contribution in [2.24, 2.45) is 23.7 Å². The maximum atomic E-state index is 14.3. The zero-order chi connectivity index (χ0) is 44.1. The molecule has 0 radical (unpaired) electrons. The van der Waals surface area contributed by atoms with Crippen molar-refractivity contribution < 1.29 is 81.0 Å². The monoisotopic (exact) mass is 978 g/mol. The maximum Gasteiger partial charge on any atom is 0.229 e. The van der Waals surface area contributed by atoms with E-state index in [9.17, 15) is 18.0 Å². The first-order chi connectivity index (χ1) is 31.5. The van der Waals surface area contributed by atoms with E-state index in [0.717, 1.165) is 74.4 Å². The Labute approximate surface area is 404 Å². The van der Waals surface area contributed by atoms with Crippen molar-refractivity contribution in [2.45, 2.75) is 98.6 Å². The van der Waals surface area contributed by atoms with Crippen LogP contribution >= 0.6 is 0 Å². The molecule has 14 rings (SSSR count). The summed E-state index contributed by atoms with van der Waals surface area (Å²) in [5.41, 5.74) is 9.10. The van der Waals surface area contributed by atoms with Gasteiger partial charge in [0, 0.05) is 49.7 Å². The first-order valence-electron chi connectivity index (χ1n) is 24.2. The van der Waals surface area contributed by atoms with Gasteiger partial charge in [-0.1, -0.05) is 0 Å². The van der Waals surface area contributed by atoms with Crippen LogP contribution in [0.25, 0.3) is 0 Å². The van der Waals surface area contributed by atoms with Crippen LogP contribution in [-0.2, 0) is 39.7 Å². The molecule has 14 atom stereocenters. The zero-order valence-corrected chi connectivity index (χ0v) is 40.9. The van der Waals surface area contributed by atoms with Crippen molar-refractivity contribution in [3.05, 3.63) is 57.7 Å². The Morgan fingerprint density at radius 2 is 1.04 bits per heavy atom. The molecule has 14 nitrogen and oxygen atoms in total. The highest BCUT2D eigenvalue weighted by Gasteiger charge is 2.75. The Morgan fingerprint density at radius 1 is 0.642 bits per heavy atom. The van der Waals surface area contributed by atoms with Crippen molar-refractivity contribution in [1.82, 2.24) is 0 Å². The molecule has 10 aliphatic heterocycles. The third-order valence-electron chi connectivity index (χ3n) is 19.9. The molecule has 360 valence electrons. The van der Waals surface area contributed by atoms with Crippen LogP contribution in [0.5, 0.6) is 23.0 Å². The van der Waals surface area contributed by atoms with Gasteiger partial charge in [-0.25, -0.2) is 8.42 Å². The van der Waals surface area contributed by atoms with Crippen LogP contribution in [-0.4, -0.2) is 136 Å². The minimum absolute atomic E-state index is 0. The van der Waals surface area contributed by atoms with Crippen molar-refractivity contribution >= 4 is 33.0 Å². The first kappa shape index (κ1) is 44.6. The number of anilines is 2. The Balaban J connectivity index is 0.00000234. The number of carbonyl (C=O) groups excluding carboxylic acids is 2. The van der Waals surface area contributed by atoms with E-state index in [1.807, 2.05) is 12.1 Å². The Kier molecular flexibility index (Phi) is 10.1. The van der Waals surface area contributed by atoms with Gasteiger partial charge in [-0.15, -0.1) is 0 Å². The fraction of sp³-hybridized carbons (Fsp3) is 0.640. The van der Waals surface area contributed by atoms with E-state index in [1.165, 1.54) is 22.3 Å². The molecule has 6 saturated heterocycles. The fourth-order valence-electron chi connectivity index (χ4n) is 17.6. The molecule has 2 saturated carbocycles. The van der Waals surface area contributed by atoms with Crippen LogP contribution in [0, 0.1) is 23.7 Å². The number of hydrogen-bond donors (Lipinski definition) is 2. The number of rotatable bonds is 10. The minimum atomic E-state index is -3.46. The van der Waals surface area contributed by atoms with E-state index in [1.54, 1.807) is 38.2 Å². The number of amides is 2. The molecule has 0 aromatic heterocycles. The lowest BCUT2D eigenvalue weighted by Crippen LogP contribution is -3.16. The van der Waals surface area contributed by atoms with Crippen LogP contribution in [0.1, 0.15) is 62.5 Å². The second kappa shape index (κ2) is 15.2. The number of piperidine rings is 4. The molecule has 2 aromatic rings. The number of carbonyl (C=O) groups is 2. The van der Waals surface area contributed by atoms with Gasteiger partial charge in [0.2, 0.25) is 11.8 Å². The Hall–Kier alpha value is -3.57. The maximum absolute atomic E-state index is 14.3. The average Bonchev–Trinajstić information content (AvgIpc) is 4.01. The molecule has 2 aliphatic carbocycles. The van der Waals surface area contributed by atoms with Gasteiger partial charge in [-0.3, -0.25) is 9.59 Å². The summed E-state index contributed by atoms with van der Waals surface area (Å²) < 4.78 is 65.5. The summed E-state index contributed by atoms with van der Waals surface area (Å²) in [7, 11) is 3.20. The van der Waals surface area contributed by atoms with Gasteiger partial charge in [0.1, 0.15) is 12.1 Å². The van der Waals surface area contributed by atoms with E-state index in [0.29, 0.717) is 74.0 Å². The molecule has 2 aromatic carbocycles. The van der Waals surface area contributed by atoms with Crippen LogP contribution < -0.4 is 63.4 Å². The molecular formula is C50H60Cl2N4O10S. The summed E-state index contributed by atoms with van der Waals surface area (Å²) in [5.74, 6) is 3.86. The Morgan fingerprint density at radius 3 is 1.45 bits per heavy atom. The predicted octanol–water partition coefficient (Wildman–Crippen LogP) is -4.66. The van der Waals surface area contributed by atoms with Gasteiger partial charge in [0.15, 0.2) is 32.8 Å². The highest BCUT2D eigenvalue weighted by atomic mass is 35.5. The number of nitrogens with zero attached hydrogens (tertiary/aromatic N) is 2. The quantitative estimate of drug-likeness (QED) is 0.224. The number of nitrogens with one attached hydrogen (secondary N) is 2. The highest BCUT2D eigenvalue weighted by molar-refractivity contribution is 7.91. The predicted molar refractivity (Wildman–Crippen MR) is 237 cm³/mol. The number of ether oxygens (including phenoxy) is 6. The molecule has 4 bridgehead atoms.